The van der Waals surface area contributed by atoms with E-state index in [1.807, 2.05) is 6.92 Å². The van der Waals surface area contributed by atoms with E-state index in [9.17, 15) is 24.9 Å². The maximum absolute atomic E-state index is 12.3. The van der Waals surface area contributed by atoms with E-state index in [0.717, 1.165) is 6.42 Å². The second-order valence-electron chi connectivity index (χ2n) is 8.22. The normalized spacial score (nSPS) is 55.3. The highest BCUT2D eigenvalue weighted by Gasteiger charge is 2.67. The molecule has 0 aromatic rings. The summed E-state index contributed by atoms with van der Waals surface area (Å²) in [6, 6.07) is 0. The third kappa shape index (κ3) is 1.68. The van der Waals surface area contributed by atoms with Crippen LogP contribution < -0.4 is 0 Å². The molecule has 0 saturated heterocycles. The van der Waals surface area contributed by atoms with Gasteiger partial charge in [0, 0.05) is 11.8 Å². The lowest BCUT2D eigenvalue weighted by molar-refractivity contribution is -0.245. The highest BCUT2D eigenvalue weighted by atomic mass is 16.4. The molecule has 4 aliphatic carbocycles. The van der Waals surface area contributed by atoms with Gasteiger partial charge >= 0.3 is 0 Å². The third-order valence-electron chi connectivity index (χ3n) is 7.49. The van der Waals surface area contributed by atoms with E-state index in [0.29, 0.717) is 31.5 Å². The predicted octanol–water partition coefficient (Wildman–Crippen LogP) is 0.754. The fourth-order valence-corrected chi connectivity index (χ4v) is 6.07. The Morgan fingerprint density at radius 2 is 1.83 bits per heavy atom. The van der Waals surface area contributed by atoms with Crippen molar-refractivity contribution in [3.8, 4) is 0 Å². The zero-order valence-corrected chi connectivity index (χ0v) is 13.4. The molecule has 0 radical (unpaired) electrons. The van der Waals surface area contributed by atoms with Crippen molar-refractivity contribution in [3.05, 3.63) is 12.2 Å². The molecule has 5 heteroatoms. The molecule has 7 atom stereocenters. The van der Waals surface area contributed by atoms with E-state index in [4.69, 9.17) is 0 Å². The number of aliphatic hydroxyl groups excluding tert-OH is 1. The van der Waals surface area contributed by atoms with Crippen molar-refractivity contribution in [1.82, 2.24) is 0 Å². The molecule has 5 nitrogen and oxygen atoms in total. The Bertz CT molecular complexity index is 613. The average Bonchev–Trinajstić information content (AvgIpc) is 2.82. The second kappa shape index (κ2) is 4.52. The fraction of sp³-hybridized carbons (Fsp3) is 0.778. The number of aliphatic hydroxyl groups is 3. The van der Waals surface area contributed by atoms with Gasteiger partial charge < -0.3 is 15.3 Å². The SMILES string of the molecule is C[C@]12CC[C@H]3[C@@H](CC[C@]4(O)[C@@H](O)C(=O)C=C[C@]34O)[C@@H]1CCC2=O. The van der Waals surface area contributed by atoms with Gasteiger partial charge in [-0.05, 0) is 62.0 Å². The second-order valence-corrected chi connectivity index (χ2v) is 8.22. The molecule has 4 aliphatic rings. The largest absolute Gasteiger partial charge is 0.383 e. The molecule has 0 heterocycles. The quantitative estimate of drug-likeness (QED) is 0.612. The summed E-state index contributed by atoms with van der Waals surface area (Å²) in [5.41, 5.74) is -3.70. The summed E-state index contributed by atoms with van der Waals surface area (Å²) in [6.07, 6.45) is 4.63. The van der Waals surface area contributed by atoms with Crippen molar-refractivity contribution in [3.63, 3.8) is 0 Å². The summed E-state index contributed by atoms with van der Waals surface area (Å²) >= 11 is 0. The predicted molar refractivity (Wildman–Crippen MR) is 81.3 cm³/mol. The van der Waals surface area contributed by atoms with Crippen LogP contribution in [0.5, 0.6) is 0 Å². The molecule has 0 aliphatic heterocycles. The van der Waals surface area contributed by atoms with Crippen LogP contribution in [0, 0.1) is 23.2 Å². The first-order chi connectivity index (χ1) is 10.7. The molecule has 0 amide bonds. The molecule has 0 spiro atoms. The summed E-state index contributed by atoms with van der Waals surface area (Å²) in [5.74, 6) is -0.0688. The minimum absolute atomic E-state index is 0.149. The van der Waals surface area contributed by atoms with Crippen molar-refractivity contribution in [2.45, 2.75) is 62.8 Å². The molecule has 0 aromatic heterocycles. The van der Waals surface area contributed by atoms with E-state index < -0.39 is 23.1 Å². The number of Topliss-reactive ketones (excluding diaryl/α,β-unsaturated/α-hetero) is 1. The van der Waals surface area contributed by atoms with E-state index in [2.05, 4.69) is 0 Å². The summed E-state index contributed by atoms with van der Waals surface area (Å²) < 4.78 is 0. The first-order valence-electron chi connectivity index (χ1n) is 8.63. The van der Waals surface area contributed by atoms with Crippen molar-refractivity contribution in [2.75, 3.05) is 0 Å². The number of carbonyl (C=O) groups excluding carboxylic acids is 2. The molecule has 0 aromatic carbocycles. The zero-order chi connectivity index (χ0) is 16.6. The van der Waals surface area contributed by atoms with Gasteiger partial charge in [0.15, 0.2) is 5.78 Å². The van der Waals surface area contributed by atoms with Crippen LogP contribution >= 0.6 is 0 Å². The average molecular weight is 320 g/mol. The van der Waals surface area contributed by atoms with Gasteiger partial charge in [0.2, 0.25) is 0 Å². The Balaban J connectivity index is 1.76. The molecular weight excluding hydrogens is 296 g/mol. The lowest BCUT2D eigenvalue weighted by Crippen LogP contribution is -2.71. The van der Waals surface area contributed by atoms with Crippen LogP contribution in [0.15, 0.2) is 12.2 Å². The van der Waals surface area contributed by atoms with Crippen molar-refractivity contribution in [2.24, 2.45) is 23.2 Å². The van der Waals surface area contributed by atoms with Gasteiger partial charge in [-0.25, -0.2) is 0 Å². The third-order valence-corrected chi connectivity index (χ3v) is 7.49. The molecule has 23 heavy (non-hydrogen) atoms. The van der Waals surface area contributed by atoms with Crippen LogP contribution in [0.1, 0.15) is 45.4 Å². The van der Waals surface area contributed by atoms with Gasteiger partial charge in [-0.3, -0.25) is 9.59 Å². The van der Waals surface area contributed by atoms with Crippen LogP contribution in [0.25, 0.3) is 0 Å². The first kappa shape index (κ1) is 15.5. The summed E-state index contributed by atoms with van der Waals surface area (Å²) in [6.45, 7) is 2.04. The van der Waals surface area contributed by atoms with E-state index >= 15 is 0 Å². The number of ketones is 2. The molecule has 0 unspecified atom stereocenters. The Hall–Kier alpha value is -1.04. The summed E-state index contributed by atoms with van der Waals surface area (Å²) in [5, 5.41) is 32.4. The first-order valence-corrected chi connectivity index (χ1v) is 8.63. The van der Waals surface area contributed by atoms with Gasteiger partial charge in [-0.2, -0.15) is 0 Å². The number of carbonyl (C=O) groups is 2. The van der Waals surface area contributed by atoms with Crippen LogP contribution in [0.4, 0.5) is 0 Å². The van der Waals surface area contributed by atoms with Crippen LogP contribution in [-0.4, -0.2) is 44.2 Å². The molecule has 0 bridgehead atoms. The van der Waals surface area contributed by atoms with E-state index in [1.54, 1.807) is 0 Å². The Kier molecular flexibility index (Phi) is 3.05. The van der Waals surface area contributed by atoms with E-state index in [-0.39, 0.29) is 29.6 Å². The van der Waals surface area contributed by atoms with Crippen LogP contribution in [0.2, 0.25) is 0 Å². The lowest BCUT2D eigenvalue weighted by Gasteiger charge is -2.60. The lowest BCUT2D eigenvalue weighted by atomic mass is 9.48. The highest BCUT2D eigenvalue weighted by molar-refractivity contribution is 5.96. The number of hydrogen-bond acceptors (Lipinski definition) is 5. The maximum atomic E-state index is 12.3. The van der Waals surface area contributed by atoms with E-state index in [1.165, 1.54) is 12.2 Å². The van der Waals surface area contributed by atoms with Gasteiger partial charge in [0.25, 0.3) is 0 Å². The van der Waals surface area contributed by atoms with Gasteiger partial charge in [0.1, 0.15) is 23.1 Å². The standard InChI is InChI=1S/C18H24O5/c1-16-7-5-12-10(11(16)2-3-14(16)20)4-8-18(23)15(21)13(19)6-9-17(12,18)22/h6,9-12,15,21-23H,2-5,7-8H2,1H3/t10-,11-,12-,15-,16-,17-,18-/m0/s1. The monoisotopic (exact) mass is 320 g/mol. The smallest absolute Gasteiger partial charge is 0.186 e. The number of fused-ring (bicyclic) bond motifs is 5. The number of hydrogen-bond donors (Lipinski definition) is 3. The van der Waals surface area contributed by atoms with Gasteiger partial charge in [-0.15, -0.1) is 0 Å². The van der Waals surface area contributed by atoms with Gasteiger partial charge in [0.05, 0.1) is 0 Å². The highest BCUT2D eigenvalue weighted by Crippen LogP contribution is 2.62. The zero-order valence-electron chi connectivity index (χ0n) is 13.4. The molecule has 126 valence electrons. The van der Waals surface area contributed by atoms with Crippen molar-refractivity contribution >= 4 is 11.6 Å². The molecule has 4 rings (SSSR count). The minimum atomic E-state index is -1.81. The molecule has 3 N–H and O–H groups in total. The molecule has 3 saturated carbocycles. The maximum Gasteiger partial charge on any atom is 0.186 e. The molecule has 3 fully saturated rings. The Morgan fingerprint density at radius 1 is 1.09 bits per heavy atom. The fourth-order valence-electron chi connectivity index (χ4n) is 6.07. The Labute approximate surface area is 135 Å². The summed E-state index contributed by atoms with van der Waals surface area (Å²) in [7, 11) is 0. The Morgan fingerprint density at radius 3 is 2.57 bits per heavy atom. The minimum Gasteiger partial charge on any atom is -0.383 e. The number of rotatable bonds is 0. The molecular formula is C18H24O5. The van der Waals surface area contributed by atoms with Gasteiger partial charge in [-0.1, -0.05) is 6.92 Å². The van der Waals surface area contributed by atoms with Crippen molar-refractivity contribution < 1.29 is 24.9 Å². The van der Waals surface area contributed by atoms with Crippen LogP contribution in [0.3, 0.4) is 0 Å². The topological polar surface area (TPSA) is 94.8 Å². The van der Waals surface area contributed by atoms with Crippen LogP contribution in [-0.2, 0) is 9.59 Å². The summed E-state index contributed by atoms with van der Waals surface area (Å²) in [4.78, 5) is 24.1. The van der Waals surface area contributed by atoms with Crippen molar-refractivity contribution in [1.29, 1.82) is 0 Å².